The Morgan fingerprint density at radius 1 is 1.26 bits per heavy atom. The summed E-state index contributed by atoms with van der Waals surface area (Å²) in [6.45, 7) is 7.86. The van der Waals surface area contributed by atoms with E-state index in [1.165, 1.54) is 14.0 Å². The van der Waals surface area contributed by atoms with Crippen LogP contribution in [-0.4, -0.2) is 52.9 Å². The number of carbonyl (C=O) groups is 2. The Morgan fingerprint density at radius 3 is 2.71 bits per heavy atom. The van der Waals surface area contributed by atoms with Gasteiger partial charge in [-0.2, -0.15) is 5.10 Å². The highest BCUT2D eigenvalue weighted by Crippen LogP contribution is 2.31. The molecule has 0 spiro atoms. The molecule has 3 heterocycles. The first-order valence-corrected chi connectivity index (χ1v) is 11.8. The lowest BCUT2D eigenvalue weighted by molar-refractivity contribution is -0.114. The number of benzene rings is 1. The molecule has 1 aliphatic heterocycles. The number of ether oxygens (including phenoxy) is 2. The number of nitrogens with zero attached hydrogens (tertiary/aromatic N) is 3. The van der Waals surface area contributed by atoms with Gasteiger partial charge < -0.3 is 25.4 Å². The number of nitrogens with one attached hydrogen (secondary N) is 3. The number of pyridine rings is 1. The van der Waals surface area contributed by atoms with Crippen LogP contribution in [0.5, 0.6) is 5.75 Å². The van der Waals surface area contributed by atoms with Gasteiger partial charge in [0.1, 0.15) is 5.75 Å². The van der Waals surface area contributed by atoms with Crippen LogP contribution in [0.4, 0.5) is 11.4 Å². The molecule has 3 aromatic rings. The number of aryl methyl sites for hydroxylation is 2. The average Bonchev–Trinajstić information content (AvgIpc) is 3.26. The molecular formula is C25H32N6O4. The Labute approximate surface area is 204 Å². The van der Waals surface area contributed by atoms with E-state index in [2.05, 4.69) is 21.0 Å². The molecule has 0 unspecified atom stereocenters. The summed E-state index contributed by atoms with van der Waals surface area (Å²) < 4.78 is 12.8. The number of fused-ring (bicyclic) bond motifs is 1. The van der Waals surface area contributed by atoms with E-state index in [-0.39, 0.29) is 24.4 Å². The zero-order valence-corrected chi connectivity index (χ0v) is 20.6. The topological polar surface area (TPSA) is 119 Å². The van der Waals surface area contributed by atoms with Crippen LogP contribution >= 0.6 is 0 Å². The van der Waals surface area contributed by atoms with Gasteiger partial charge in [-0.1, -0.05) is 0 Å². The molecule has 1 fully saturated rings. The molecule has 3 N–H and O–H groups in total. The van der Waals surface area contributed by atoms with E-state index in [1.807, 2.05) is 24.7 Å². The average molecular weight is 481 g/mol. The maximum atomic E-state index is 13.1. The minimum absolute atomic E-state index is 0.196. The van der Waals surface area contributed by atoms with Gasteiger partial charge in [-0.3, -0.25) is 9.59 Å². The fourth-order valence-corrected chi connectivity index (χ4v) is 4.33. The van der Waals surface area contributed by atoms with Crippen LogP contribution < -0.4 is 20.7 Å². The van der Waals surface area contributed by atoms with Crippen molar-refractivity contribution < 1.29 is 19.1 Å². The van der Waals surface area contributed by atoms with E-state index in [4.69, 9.17) is 14.5 Å². The highest BCUT2D eigenvalue weighted by Gasteiger charge is 2.22. The molecular weight excluding hydrogens is 448 g/mol. The van der Waals surface area contributed by atoms with Crippen molar-refractivity contribution in [1.29, 1.82) is 0 Å². The molecule has 0 bridgehead atoms. The molecule has 10 nitrogen and oxygen atoms in total. The number of anilines is 2. The zero-order chi connectivity index (χ0) is 24.9. The lowest BCUT2D eigenvalue weighted by Crippen LogP contribution is -2.30. The first-order chi connectivity index (χ1) is 16.9. The Bertz CT molecular complexity index is 1230. The van der Waals surface area contributed by atoms with Crippen LogP contribution in [0.1, 0.15) is 48.3 Å². The molecule has 10 heteroatoms. The Morgan fingerprint density at radius 2 is 2.03 bits per heavy atom. The van der Waals surface area contributed by atoms with Crippen molar-refractivity contribution in [3.05, 3.63) is 41.2 Å². The second-order valence-corrected chi connectivity index (χ2v) is 8.56. The van der Waals surface area contributed by atoms with Crippen molar-refractivity contribution in [2.75, 3.05) is 31.0 Å². The second-order valence-electron chi connectivity index (χ2n) is 8.56. The fourth-order valence-electron chi connectivity index (χ4n) is 4.33. The highest BCUT2D eigenvalue weighted by molar-refractivity contribution is 5.99. The van der Waals surface area contributed by atoms with E-state index in [0.717, 1.165) is 60.6 Å². The molecule has 0 radical (unpaired) electrons. The largest absolute Gasteiger partial charge is 0.496 e. The monoisotopic (exact) mass is 480 g/mol. The van der Waals surface area contributed by atoms with Crippen molar-refractivity contribution in [2.45, 2.75) is 52.7 Å². The summed E-state index contributed by atoms with van der Waals surface area (Å²) in [6, 6.07) is 5.22. The number of aromatic nitrogens is 3. The highest BCUT2D eigenvalue weighted by atomic mass is 16.5. The normalized spacial score (nSPS) is 14.1. The van der Waals surface area contributed by atoms with E-state index in [9.17, 15) is 9.59 Å². The fraction of sp³-hybridized carbons (Fsp3) is 0.440. The summed E-state index contributed by atoms with van der Waals surface area (Å²) >= 11 is 0. The number of amides is 2. The maximum absolute atomic E-state index is 13.1. The third kappa shape index (κ3) is 5.37. The summed E-state index contributed by atoms with van der Waals surface area (Å²) in [4.78, 5) is 29.3. The second kappa shape index (κ2) is 10.7. The van der Waals surface area contributed by atoms with Gasteiger partial charge in [0.15, 0.2) is 5.65 Å². The van der Waals surface area contributed by atoms with Gasteiger partial charge in [0, 0.05) is 62.3 Å². The number of hydrogen-bond acceptors (Lipinski definition) is 7. The molecule has 2 aromatic heterocycles. The van der Waals surface area contributed by atoms with Crippen LogP contribution in [0.15, 0.2) is 24.4 Å². The molecule has 1 aromatic carbocycles. The van der Waals surface area contributed by atoms with Crippen LogP contribution in [0, 0.1) is 6.92 Å². The predicted octanol–water partition coefficient (Wildman–Crippen LogP) is 3.25. The molecule has 0 aliphatic carbocycles. The van der Waals surface area contributed by atoms with E-state index in [1.54, 1.807) is 18.2 Å². The molecule has 1 saturated heterocycles. The summed E-state index contributed by atoms with van der Waals surface area (Å²) in [5, 5.41) is 14.8. The predicted molar refractivity (Wildman–Crippen MR) is 134 cm³/mol. The summed E-state index contributed by atoms with van der Waals surface area (Å²) in [6.07, 6.45) is 3.66. The van der Waals surface area contributed by atoms with E-state index < -0.39 is 0 Å². The quantitative estimate of drug-likeness (QED) is 0.453. The van der Waals surface area contributed by atoms with Crippen molar-refractivity contribution in [1.82, 2.24) is 20.1 Å². The third-order valence-corrected chi connectivity index (χ3v) is 6.15. The first-order valence-electron chi connectivity index (χ1n) is 11.8. The van der Waals surface area contributed by atoms with Crippen LogP contribution in [0.3, 0.4) is 0 Å². The number of carbonyl (C=O) groups excluding carboxylic acids is 2. The minimum atomic E-state index is -0.281. The lowest BCUT2D eigenvalue weighted by Gasteiger charge is -2.26. The SMILES string of the molecule is CCn1ncc2c(NC3CCOCC3)c(CNC(=O)c3ccc(NC(C)=O)cc3OC)c(C)nc21. The molecule has 4 rings (SSSR count). The molecule has 0 atom stereocenters. The van der Waals surface area contributed by atoms with Gasteiger partial charge in [-0.05, 0) is 38.8 Å². The molecule has 2 amide bonds. The van der Waals surface area contributed by atoms with Crippen molar-refractivity contribution in [3.63, 3.8) is 0 Å². The maximum Gasteiger partial charge on any atom is 0.255 e. The van der Waals surface area contributed by atoms with Gasteiger partial charge >= 0.3 is 0 Å². The molecule has 186 valence electrons. The van der Waals surface area contributed by atoms with Gasteiger partial charge in [0.05, 0.1) is 29.9 Å². The summed E-state index contributed by atoms with van der Waals surface area (Å²) in [5.41, 5.74) is 4.47. The molecule has 1 aliphatic rings. The van der Waals surface area contributed by atoms with Crippen molar-refractivity contribution >= 4 is 34.2 Å². The standard InChI is InChI=1S/C25H32N6O4/c1-5-31-24-21(14-27-31)23(30-17-8-10-35-11-9-17)20(15(2)28-24)13-26-25(33)19-7-6-18(29-16(3)32)12-22(19)34-4/h6-7,12,14,17H,5,8-11,13H2,1-4H3,(H,26,33)(H,28,30)(H,29,32). The van der Waals surface area contributed by atoms with Gasteiger partial charge in [0.25, 0.3) is 5.91 Å². The van der Waals surface area contributed by atoms with Crippen LogP contribution in [0.2, 0.25) is 0 Å². The zero-order valence-electron chi connectivity index (χ0n) is 20.6. The van der Waals surface area contributed by atoms with E-state index in [0.29, 0.717) is 17.0 Å². The minimum Gasteiger partial charge on any atom is -0.496 e. The van der Waals surface area contributed by atoms with Crippen LogP contribution in [0.25, 0.3) is 11.0 Å². The summed E-state index contributed by atoms with van der Waals surface area (Å²) in [7, 11) is 1.49. The Hall–Kier alpha value is -3.66. The number of rotatable bonds is 8. The number of hydrogen-bond donors (Lipinski definition) is 3. The first kappa shape index (κ1) is 24.5. The summed E-state index contributed by atoms with van der Waals surface area (Å²) in [5.74, 6) is -0.0978. The molecule has 0 saturated carbocycles. The van der Waals surface area contributed by atoms with Crippen molar-refractivity contribution in [3.8, 4) is 5.75 Å². The van der Waals surface area contributed by atoms with Crippen LogP contribution in [-0.2, 0) is 22.6 Å². The van der Waals surface area contributed by atoms with E-state index >= 15 is 0 Å². The Kier molecular flexibility index (Phi) is 7.50. The molecule has 35 heavy (non-hydrogen) atoms. The van der Waals surface area contributed by atoms with Gasteiger partial charge in [-0.25, -0.2) is 9.67 Å². The third-order valence-electron chi connectivity index (χ3n) is 6.15. The lowest BCUT2D eigenvalue weighted by atomic mass is 10.0. The number of methoxy groups -OCH3 is 1. The van der Waals surface area contributed by atoms with Gasteiger partial charge in [0.2, 0.25) is 5.91 Å². The van der Waals surface area contributed by atoms with Gasteiger partial charge in [-0.15, -0.1) is 0 Å². The Balaban J connectivity index is 1.62. The smallest absolute Gasteiger partial charge is 0.255 e. The van der Waals surface area contributed by atoms with Crippen molar-refractivity contribution in [2.24, 2.45) is 0 Å².